The van der Waals surface area contributed by atoms with Crippen LogP contribution in [0.4, 0.5) is 5.69 Å². The van der Waals surface area contributed by atoms with Crippen molar-refractivity contribution >= 4 is 17.5 Å². The van der Waals surface area contributed by atoms with E-state index in [4.69, 9.17) is 9.26 Å². The highest BCUT2D eigenvalue weighted by molar-refractivity contribution is 5.95. The fourth-order valence-corrected chi connectivity index (χ4v) is 4.19. The Labute approximate surface area is 163 Å². The van der Waals surface area contributed by atoms with Crippen LogP contribution in [-0.2, 0) is 9.53 Å². The van der Waals surface area contributed by atoms with Gasteiger partial charge in [0.15, 0.2) is 5.69 Å². The molecule has 2 amide bonds. The number of aromatic nitrogens is 1. The van der Waals surface area contributed by atoms with Crippen LogP contribution >= 0.6 is 0 Å². The molecular formula is C21H23N3O4. The SMILES string of the molecule is O=C(c1cc(C2CC2)on1)N1CCCC2(C1)CN(c1ccccc1)C(=O)CO2. The summed E-state index contributed by atoms with van der Waals surface area (Å²) in [5, 5.41) is 3.99. The Morgan fingerprint density at radius 3 is 2.79 bits per heavy atom. The number of morpholine rings is 1. The summed E-state index contributed by atoms with van der Waals surface area (Å²) in [7, 11) is 0. The first-order valence-electron chi connectivity index (χ1n) is 9.89. The van der Waals surface area contributed by atoms with Gasteiger partial charge in [-0.3, -0.25) is 9.59 Å². The van der Waals surface area contributed by atoms with E-state index in [0.29, 0.717) is 31.2 Å². The van der Waals surface area contributed by atoms with Gasteiger partial charge < -0.3 is 19.1 Å². The van der Waals surface area contributed by atoms with Crippen LogP contribution in [0.3, 0.4) is 0 Å². The van der Waals surface area contributed by atoms with Crippen LogP contribution in [0.1, 0.15) is 47.8 Å². The predicted molar refractivity (Wildman–Crippen MR) is 101 cm³/mol. The van der Waals surface area contributed by atoms with Crippen LogP contribution in [0.5, 0.6) is 0 Å². The van der Waals surface area contributed by atoms with E-state index in [-0.39, 0.29) is 18.4 Å². The van der Waals surface area contributed by atoms with Gasteiger partial charge in [0.05, 0.1) is 13.1 Å². The van der Waals surface area contributed by atoms with E-state index in [1.165, 1.54) is 0 Å². The minimum Gasteiger partial charge on any atom is -0.361 e. The highest BCUT2D eigenvalue weighted by Gasteiger charge is 2.45. The second kappa shape index (κ2) is 6.74. The van der Waals surface area contributed by atoms with Gasteiger partial charge in [-0.05, 0) is 37.8 Å². The van der Waals surface area contributed by atoms with Gasteiger partial charge in [0.1, 0.15) is 18.0 Å². The molecule has 1 saturated carbocycles. The predicted octanol–water partition coefficient (Wildman–Crippen LogP) is 2.59. The molecule has 3 aliphatic rings. The van der Waals surface area contributed by atoms with Gasteiger partial charge in [0, 0.05) is 24.2 Å². The summed E-state index contributed by atoms with van der Waals surface area (Å²) in [5.41, 5.74) is 0.690. The normalized spacial score (nSPS) is 25.4. The highest BCUT2D eigenvalue weighted by Crippen LogP contribution is 2.40. The number of hydrogen-bond donors (Lipinski definition) is 0. The summed E-state index contributed by atoms with van der Waals surface area (Å²) in [5.74, 6) is 1.06. The molecule has 7 heteroatoms. The molecule has 3 fully saturated rings. The highest BCUT2D eigenvalue weighted by atomic mass is 16.5. The molecule has 1 aromatic carbocycles. The van der Waals surface area contributed by atoms with Crippen molar-refractivity contribution in [3.05, 3.63) is 47.9 Å². The molecule has 0 bridgehead atoms. The standard InChI is InChI=1S/C21H23N3O4/c25-19-12-27-21(14-24(19)16-5-2-1-3-6-16)9-4-10-23(13-21)20(26)17-11-18(28-22-17)15-7-8-15/h1-3,5-6,11,15H,4,7-10,12-14H2. The molecule has 1 spiro atoms. The quantitative estimate of drug-likeness (QED) is 0.817. The van der Waals surface area contributed by atoms with Gasteiger partial charge in [-0.15, -0.1) is 0 Å². The molecule has 1 aromatic heterocycles. The van der Waals surface area contributed by atoms with E-state index in [0.717, 1.165) is 37.1 Å². The largest absolute Gasteiger partial charge is 0.361 e. The first-order valence-corrected chi connectivity index (χ1v) is 9.89. The summed E-state index contributed by atoms with van der Waals surface area (Å²) in [6.45, 7) is 1.60. The van der Waals surface area contributed by atoms with Crippen LogP contribution in [0.25, 0.3) is 0 Å². The van der Waals surface area contributed by atoms with Gasteiger partial charge in [0.25, 0.3) is 11.8 Å². The monoisotopic (exact) mass is 381 g/mol. The summed E-state index contributed by atoms with van der Waals surface area (Å²) in [4.78, 5) is 29.0. The topological polar surface area (TPSA) is 75.9 Å². The number of hydrogen-bond acceptors (Lipinski definition) is 5. The Kier molecular flexibility index (Phi) is 4.19. The first kappa shape index (κ1) is 17.4. The van der Waals surface area contributed by atoms with Crippen LogP contribution in [-0.4, -0.2) is 53.7 Å². The fraction of sp³-hybridized carbons (Fsp3) is 0.476. The van der Waals surface area contributed by atoms with Crippen molar-refractivity contribution in [3.8, 4) is 0 Å². The van der Waals surface area contributed by atoms with Gasteiger partial charge in [-0.1, -0.05) is 23.4 Å². The molecule has 1 aliphatic carbocycles. The van der Waals surface area contributed by atoms with Crippen molar-refractivity contribution in [3.63, 3.8) is 0 Å². The van der Waals surface area contributed by atoms with Crippen molar-refractivity contribution < 1.29 is 18.8 Å². The summed E-state index contributed by atoms with van der Waals surface area (Å²) in [6.07, 6.45) is 3.86. The molecule has 0 N–H and O–H groups in total. The lowest BCUT2D eigenvalue weighted by molar-refractivity contribution is -0.144. The number of carbonyl (C=O) groups excluding carboxylic acids is 2. The zero-order chi connectivity index (χ0) is 19.1. The molecule has 3 heterocycles. The number of amides is 2. The lowest BCUT2D eigenvalue weighted by Gasteiger charge is -2.47. The van der Waals surface area contributed by atoms with E-state index >= 15 is 0 Å². The van der Waals surface area contributed by atoms with Crippen molar-refractivity contribution in [2.24, 2.45) is 0 Å². The zero-order valence-electron chi connectivity index (χ0n) is 15.7. The van der Waals surface area contributed by atoms with E-state index in [1.54, 1.807) is 15.9 Å². The van der Waals surface area contributed by atoms with Crippen LogP contribution in [0, 0.1) is 0 Å². The van der Waals surface area contributed by atoms with Gasteiger partial charge in [-0.25, -0.2) is 0 Å². The van der Waals surface area contributed by atoms with E-state index in [1.807, 2.05) is 30.3 Å². The van der Waals surface area contributed by atoms with Crippen LogP contribution in [0.15, 0.2) is 40.9 Å². The second-order valence-electron chi connectivity index (χ2n) is 8.01. The first-order chi connectivity index (χ1) is 13.6. The molecule has 28 heavy (non-hydrogen) atoms. The average molecular weight is 381 g/mol. The molecule has 2 saturated heterocycles. The number of carbonyl (C=O) groups is 2. The summed E-state index contributed by atoms with van der Waals surface area (Å²) in [6, 6.07) is 11.4. The third-order valence-electron chi connectivity index (χ3n) is 5.87. The van der Waals surface area contributed by atoms with E-state index in [9.17, 15) is 9.59 Å². The molecular weight excluding hydrogens is 358 g/mol. The van der Waals surface area contributed by atoms with E-state index < -0.39 is 5.60 Å². The molecule has 1 atom stereocenters. The van der Waals surface area contributed by atoms with Crippen molar-refractivity contribution in [1.29, 1.82) is 0 Å². The fourth-order valence-electron chi connectivity index (χ4n) is 4.19. The number of ether oxygens (including phenoxy) is 1. The number of likely N-dealkylation sites (tertiary alicyclic amines) is 1. The molecule has 5 rings (SSSR count). The maximum absolute atomic E-state index is 13.0. The maximum atomic E-state index is 13.0. The Morgan fingerprint density at radius 1 is 1.18 bits per heavy atom. The van der Waals surface area contributed by atoms with Crippen LogP contribution in [0.2, 0.25) is 0 Å². The third-order valence-corrected chi connectivity index (χ3v) is 5.87. The maximum Gasteiger partial charge on any atom is 0.276 e. The molecule has 1 unspecified atom stereocenters. The lowest BCUT2D eigenvalue weighted by atomic mass is 9.90. The number of nitrogens with zero attached hydrogens (tertiary/aromatic N) is 3. The Bertz CT molecular complexity index is 892. The number of rotatable bonds is 3. The Hall–Kier alpha value is -2.67. The number of para-hydroxylation sites is 1. The number of piperidine rings is 1. The Balaban J connectivity index is 1.33. The number of benzene rings is 1. The number of anilines is 1. The molecule has 146 valence electrons. The molecule has 2 aromatic rings. The van der Waals surface area contributed by atoms with Crippen molar-refractivity contribution in [2.75, 3.05) is 31.1 Å². The minimum atomic E-state index is -0.541. The summed E-state index contributed by atoms with van der Waals surface area (Å²) >= 11 is 0. The average Bonchev–Trinajstić information content (AvgIpc) is 3.47. The van der Waals surface area contributed by atoms with Crippen molar-refractivity contribution in [2.45, 2.75) is 37.2 Å². The smallest absolute Gasteiger partial charge is 0.276 e. The van der Waals surface area contributed by atoms with Gasteiger partial charge in [-0.2, -0.15) is 0 Å². The van der Waals surface area contributed by atoms with Crippen LogP contribution < -0.4 is 4.90 Å². The van der Waals surface area contributed by atoms with Crippen molar-refractivity contribution in [1.82, 2.24) is 10.1 Å². The van der Waals surface area contributed by atoms with Gasteiger partial charge >= 0.3 is 0 Å². The second-order valence-corrected chi connectivity index (χ2v) is 8.01. The van der Waals surface area contributed by atoms with Gasteiger partial charge in [0.2, 0.25) is 0 Å². The minimum absolute atomic E-state index is 0.0344. The molecule has 0 radical (unpaired) electrons. The lowest BCUT2D eigenvalue weighted by Crippen LogP contribution is -2.62. The molecule has 7 nitrogen and oxygen atoms in total. The van der Waals surface area contributed by atoms with E-state index in [2.05, 4.69) is 5.16 Å². The third kappa shape index (κ3) is 3.20. The summed E-state index contributed by atoms with van der Waals surface area (Å²) < 4.78 is 11.4. The molecule has 2 aliphatic heterocycles. The zero-order valence-corrected chi connectivity index (χ0v) is 15.7. The Morgan fingerprint density at radius 2 is 2.00 bits per heavy atom.